The molecule has 0 aliphatic rings. The van der Waals surface area contributed by atoms with E-state index in [1.54, 1.807) is 6.08 Å². The van der Waals surface area contributed by atoms with Crippen LogP contribution in [0.25, 0.3) is 6.08 Å². The molecule has 0 aromatic heterocycles. The minimum absolute atomic E-state index is 0.0259. The van der Waals surface area contributed by atoms with E-state index in [4.69, 9.17) is 9.47 Å². The number of carbonyl (C=O) groups is 1. The second-order valence-electron chi connectivity index (χ2n) is 7.85. The number of hydrogen-bond acceptors (Lipinski definition) is 4. The first-order valence-corrected chi connectivity index (χ1v) is 11.4. The Morgan fingerprint density at radius 1 is 1.03 bits per heavy atom. The summed E-state index contributed by atoms with van der Waals surface area (Å²) in [7, 11) is 0. The van der Waals surface area contributed by atoms with E-state index < -0.39 is 6.10 Å². The Balaban J connectivity index is 1.96. The lowest BCUT2D eigenvalue weighted by atomic mass is 9.87. The first-order chi connectivity index (χ1) is 15.1. The van der Waals surface area contributed by atoms with Crippen molar-refractivity contribution in [2.75, 3.05) is 0 Å². The van der Waals surface area contributed by atoms with Gasteiger partial charge in [-0.3, -0.25) is 0 Å². The fourth-order valence-electron chi connectivity index (χ4n) is 3.64. The van der Waals surface area contributed by atoms with Crippen LogP contribution in [0.4, 0.5) is 0 Å². The zero-order valence-electron chi connectivity index (χ0n) is 19.0. The van der Waals surface area contributed by atoms with Gasteiger partial charge in [0.2, 0.25) is 0 Å². The molecular weight excluding hydrogens is 388 g/mol. The highest BCUT2D eigenvalue weighted by atomic mass is 16.5. The van der Waals surface area contributed by atoms with Crippen molar-refractivity contribution in [3.63, 3.8) is 0 Å². The molecule has 0 bridgehead atoms. The zero-order valence-corrected chi connectivity index (χ0v) is 19.0. The minimum atomic E-state index is -0.452. The summed E-state index contributed by atoms with van der Waals surface area (Å²) in [5.41, 5.74) is 1.97. The molecule has 0 amide bonds. The van der Waals surface area contributed by atoms with Crippen LogP contribution in [0.3, 0.4) is 0 Å². The Morgan fingerprint density at radius 2 is 1.81 bits per heavy atom. The van der Waals surface area contributed by atoms with Crippen molar-refractivity contribution in [1.82, 2.24) is 0 Å². The first-order valence-electron chi connectivity index (χ1n) is 11.4. The molecule has 4 nitrogen and oxygen atoms in total. The molecule has 0 fully saturated rings. The normalized spacial score (nSPS) is 14.2. The van der Waals surface area contributed by atoms with Crippen LogP contribution in [0.2, 0.25) is 0 Å². The van der Waals surface area contributed by atoms with Gasteiger partial charge in [-0.25, -0.2) is 4.79 Å². The van der Waals surface area contributed by atoms with Crippen LogP contribution in [0, 0.1) is 5.92 Å². The molecule has 0 aliphatic carbocycles. The van der Waals surface area contributed by atoms with E-state index in [-0.39, 0.29) is 18.0 Å². The van der Waals surface area contributed by atoms with Gasteiger partial charge in [0.1, 0.15) is 18.5 Å². The zero-order chi connectivity index (χ0) is 22.5. The Labute approximate surface area is 186 Å². The van der Waals surface area contributed by atoms with Gasteiger partial charge in [-0.1, -0.05) is 76.1 Å². The van der Waals surface area contributed by atoms with Gasteiger partial charge in [0.05, 0.1) is 6.10 Å². The lowest BCUT2D eigenvalue weighted by Gasteiger charge is -2.29. The molecule has 0 radical (unpaired) electrons. The van der Waals surface area contributed by atoms with Crippen molar-refractivity contribution in [1.29, 1.82) is 0 Å². The fraction of sp³-hybridized carbons (Fsp3) is 0.444. The largest absolute Gasteiger partial charge is 0.489 e. The van der Waals surface area contributed by atoms with E-state index >= 15 is 0 Å². The number of unbranched alkanes of at least 4 members (excludes halogenated alkanes) is 1. The summed E-state index contributed by atoms with van der Waals surface area (Å²) < 4.78 is 11.6. The number of carbonyl (C=O) groups excluding carboxylic acids is 1. The van der Waals surface area contributed by atoms with Gasteiger partial charge in [0.25, 0.3) is 0 Å². The third kappa shape index (κ3) is 8.58. The van der Waals surface area contributed by atoms with Crippen LogP contribution in [0.1, 0.15) is 64.0 Å². The topological polar surface area (TPSA) is 55.8 Å². The van der Waals surface area contributed by atoms with E-state index in [1.807, 2.05) is 68.4 Å². The first kappa shape index (κ1) is 24.7. The minimum Gasteiger partial charge on any atom is -0.489 e. The molecule has 31 heavy (non-hydrogen) atoms. The van der Waals surface area contributed by atoms with Crippen molar-refractivity contribution in [3.8, 4) is 5.75 Å². The summed E-state index contributed by atoms with van der Waals surface area (Å²) >= 11 is 0. The molecule has 0 spiro atoms. The van der Waals surface area contributed by atoms with E-state index in [2.05, 4.69) is 6.92 Å². The van der Waals surface area contributed by atoms with Crippen LogP contribution in [-0.2, 0) is 16.1 Å². The number of rotatable bonds is 13. The molecule has 2 rings (SSSR count). The lowest BCUT2D eigenvalue weighted by molar-refractivity contribution is -0.148. The third-order valence-electron chi connectivity index (χ3n) is 5.47. The predicted octanol–water partition coefficient (Wildman–Crippen LogP) is 6.18. The highest BCUT2D eigenvalue weighted by molar-refractivity contribution is 5.87. The summed E-state index contributed by atoms with van der Waals surface area (Å²) in [4.78, 5) is 12.4. The van der Waals surface area contributed by atoms with Gasteiger partial charge in [0.15, 0.2) is 0 Å². The lowest BCUT2D eigenvalue weighted by Crippen LogP contribution is -2.34. The molecular formula is C27H36O4. The number of ether oxygens (including phenoxy) is 2. The number of aliphatic hydroxyl groups is 1. The van der Waals surface area contributed by atoms with Crippen molar-refractivity contribution in [2.45, 2.75) is 71.7 Å². The smallest absolute Gasteiger partial charge is 0.331 e. The monoisotopic (exact) mass is 424 g/mol. The van der Waals surface area contributed by atoms with E-state index in [0.717, 1.165) is 36.1 Å². The standard InChI is InChI=1S/C27H36O4/c1-4-7-16-24(25(28)5-2)26(6-3)31-27(29)18-17-21-14-11-15-23(19-21)30-20-22-12-9-8-10-13-22/h8-15,17-19,24-26,28H,4-7,16,20H2,1-3H3/t24?,25-,26+/m0/s1. The van der Waals surface area contributed by atoms with Crippen LogP contribution in [0.5, 0.6) is 5.75 Å². The molecule has 2 aromatic carbocycles. The van der Waals surface area contributed by atoms with Crippen LogP contribution in [0.15, 0.2) is 60.7 Å². The van der Waals surface area contributed by atoms with E-state index in [9.17, 15) is 9.90 Å². The SMILES string of the molecule is CCCCC([C@@H](O)CC)[C@@H](CC)OC(=O)C=Cc1cccc(OCc2ccccc2)c1. The number of aliphatic hydroxyl groups excluding tert-OH is 1. The van der Waals surface area contributed by atoms with Crippen LogP contribution in [-0.4, -0.2) is 23.3 Å². The molecule has 1 unspecified atom stereocenters. The molecule has 1 N–H and O–H groups in total. The molecule has 4 heteroatoms. The molecule has 3 atom stereocenters. The predicted molar refractivity (Wildman–Crippen MR) is 126 cm³/mol. The highest BCUT2D eigenvalue weighted by Crippen LogP contribution is 2.24. The molecule has 0 saturated carbocycles. The molecule has 0 heterocycles. The maximum atomic E-state index is 12.4. The highest BCUT2D eigenvalue weighted by Gasteiger charge is 2.28. The quantitative estimate of drug-likeness (QED) is 0.308. The molecule has 168 valence electrons. The third-order valence-corrected chi connectivity index (χ3v) is 5.47. The van der Waals surface area contributed by atoms with E-state index in [1.165, 1.54) is 6.08 Å². The maximum absolute atomic E-state index is 12.4. The summed E-state index contributed by atoms with van der Waals surface area (Å²) in [6, 6.07) is 17.6. The molecule has 0 saturated heterocycles. The van der Waals surface area contributed by atoms with Crippen molar-refractivity contribution >= 4 is 12.0 Å². The van der Waals surface area contributed by atoms with E-state index in [0.29, 0.717) is 19.4 Å². The van der Waals surface area contributed by atoms with Gasteiger partial charge in [0, 0.05) is 12.0 Å². The second-order valence-corrected chi connectivity index (χ2v) is 7.85. The van der Waals surface area contributed by atoms with Crippen molar-refractivity contribution in [3.05, 3.63) is 71.8 Å². The van der Waals surface area contributed by atoms with Gasteiger partial charge in [-0.15, -0.1) is 0 Å². The Kier molecular flexibility index (Phi) is 10.9. The Morgan fingerprint density at radius 3 is 2.48 bits per heavy atom. The summed E-state index contributed by atoms with van der Waals surface area (Å²) in [6.45, 7) is 6.58. The van der Waals surface area contributed by atoms with Gasteiger partial charge in [-0.05, 0) is 48.6 Å². The van der Waals surface area contributed by atoms with Crippen LogP contribution < -0.4 is 4.74 Å². The number of benzene rings is 2. The second kappa shape index (κ2) is 13.7. The van der Waals surface area contributed by atoms with Crippen molar-refractivity contribution in [2.24, 2.45) is 5.92 Å². The average Bonchev–Trinajstić information content (AvgIpc) is 2.81. The summed E-state index contributed by atoms with van der Waals surface area (Å²) in [6.07, 6.45) is 6.74. The van der Waals surface area contributed by atoms with Gasteiger partial charge in [-0.2, -0.15) is 0 Å². The van der Waals surface area contributed by atoms with Gasteiger partial charge < -0.3 is 14.6 Å². The Bertz CT molecular complexity index is 800. The molecule has 0 aliphatic heterocycles. The number of hydrogen-bond donors (Lipinski definition) is 1. The Hall–Kier alpha value is -2.59. The number of esters is 1. The van der Waals surface area contributed by atoms with Gasteiger partial charge >= 0.3 is 5.97 Å². The summed E-state index contributed by atoms with van der Waals surface area (Å²) in [5, 5.41) is 10.4. The maximum Gasteiger partial charge on any atom is 0.331 e. The molecule has 2 aromatic rings. The van der Waals surface area contributed by atoms with Crippen LogP contribution >= 0.6 is 0 Å². The average molecular weight is 425 g/mol. The summed E-state index contributed by atoms with van der Waals surface area (Å²) in [5.74, 6) is 0.339. The fourth-order valence-corrected chi connectivity index (χ4v) is 3.64. The van der Waals surface area contributed by atoms with Crippen molar-refractivity contribution < 1.29 is 19.4 Å².